The van der Waals surface area contributed by atoms with Crippen molar-refractivity contribution in [3.05, 3.63) is 52.6 Å². The Kier molecular flexibility index (Phi) is 4.67. The Labute approximate surface area is 143 Å². The molecule has 132 valence electrons. The number of benzene rings is 1. The van der Waals surface area contributed by atoms with Crippen LogP contribution in [0.5, 0.6) is 0 Å². The summed E-state index contributed by atoms with van der Waals surface area (Å²) in [5, 5.41) is 6.73. The van der Waals surface area contributed by atoms with Gasteiger partial charge in [-0.05, 0) is 36.8 Å². The lowest BCUT2D eigenvalue weighted by Crippen LogP contribution is -2.40. The van der Waals surface area contributed by atoms with Crippen molar-refractivity contribution >= 4 is 15.7 Å². The summed E-state index contributed by atoms with van der Waals surface area (Å²) in [7, 11) is -3.10. The zero-order valence-electron chi connectivity index (χ0n) is 13.2. The summed E-state index contributed by atoms with van der Waals surface area (Å²) in [6.07, 6.45) is 0.367. The number of hydrogen-bond donors (Lipinski definition) is 1. The fourth-order valence-corrected chi connectivity index (χ4v) is 4.33. The van der Waals surface area contributed by atoms with Gasteiger partial charge in [0.05, 0.1) is 17.2 Å². The summed E-state index contributed by atoms with van der Waals surface area (Å²) in [6, 6.07) is 7.94. The molecule has 1 fully saturated rings. The van der Waals surface area contributed by atoms with Crippen LogP contribution in [0, 0.1) is 5.82 Å². The van der Waals surface area contributed by atoms with Crippen molar-refractivity contribution in [3.63, 3.8) is 0 Å². The molecule has 3 rings (SSSR count). The molecule has 2 aromatic rings. The second-order valence-corrected chi connectivity index (χ2v) is 8.12. The van der Waals surface area contributed by atoms with Gasteiger partial charge in [0.2, 0.25) is 5.91 Å². The van der Waals surface area contributed by atoms with Gasteiger partial charge in [0.15, 0.2) is 9.84 Å². The van der Waals surface area contributed by atoms with E-state index in [1.165, 1.54) is 36.4 Å². The third-order valence-electron chi connectivity index (χ3n) is 3.90. The zero-order chi connectivity index (χ0) is 18.0. The highest BCUT2D eigenvalue weighted by Gasteiger charge is 2.28. The van der Waals surface area contributed by atoms with E-state index >= 15 is 0 Å². The molecule has 1 saturated heterocycles. The summed E-state index contributed by atoms with van der Waals surface area (Å²) in [4.78, 5) is 24.0. The Bertz CT molecular complexity index is 954. The van der Waals surface area contributed by atoms with Crippen molar-refractivity contribution in [1.29, 1.82) is 0 Å². The number of rotatable bonds is 4. The van der Waals surface area contributed by atoms with Crippen LogP contribution in [0.4, 0.5) is 4.39 Å². The van der Waals surface area contributed by atoms with Crippen LogP contribution in [0.25, 0.3) is 11.3 Å². The van der Waals surface area contributed by atoms with Crippen LogP contribution in [0.3, 0.4) is 0 Å². The SMILES string of the molecule is O=C(Cn1nc(-c2ccc(F)cc2)ccc1=O)NC1CCS(=O)(=O)C1. The van der Waals surface area contributed by atoms with Crippen LogP contribution in [0.2, 0.25) is 0 Å². The molecule has 1 atom stereocenters. The van der Waals surface area contributed by atoms with Crippen molar-refractivity contribution in [1.82, 2.24) is 15.1 Å². The highest BCUT2D eigenvalue weighted by molar-refractivity contribution is 7.91. The van der Waals surface area contributed by atoms with E-state index in [2.05, 4.69) is 10.4 Å². The second kappa shape index (κ2) is 6.75. The van der Waals surface area contributed by atoms with E-state index in [-0.39, 0.29) is 23.9 Å². The first-order valence-electron chi connectivity index (χ1n) is 7.66. The molecule has 1 aliphatic heterocycles. The van der Waals surface area contributed by atoms with Gasteiger partial charge >= 0.3 is 0 Å². The minimum Gasteiger partial charge on any atom is -0.351 e. The van der Waals surface area contributed by atoms with Crippen molar-refractivity contribution < 1.29 is 17.6 Å². The Hall–Kier alpha value is -2.55. The number of amides is 1. The van der Waals surface area contributed by atoms with E-state index in [1.807, 2.05) is 0 Å². The third-order valence-corrected chi connectivity index (χ3v) is 5.67. The van der Waals surface area contributed by atoms with Crippen LogP contribution in [0.15, 0.2) is 41.2 Å². The van der Waals surface area contributed by atoms with Crippen LogP contribution in [-0.4, -0.2) is 41.7 Å². The molecular weight excluding hydrogens is 349 g/mol. The highest BCUT2D eigenvalue weighted by atomic mass is 32.2. The molecule has 1 aromatic heterocycles. The van der Waals surface area contributed by atoms with Gasteiger partial charge in [-0.1, -0.05) is 0 Å². The number of aromatic nitrogens is 2. The summed E-state index contributed by atoms with van der Waals surface area (Å²) >= 11 is 0. The third kappa shape index (κ3) is 4.30. The first-order valence-corrected chi connectivity index (χ1v) is 9.48. The number of carbonyl (C=O) groups is 1. The lowest BCUT2D eigenvalue weighted by atomic mass is 10.1. The number of hydrogen-bond acceptors (Lipinski definition) is 5. The molecule has 1 aromatic carbocycles. The minimum atomic E-state index is -3.10. The Morgan fingerprint density at radius 3 is 2.60 bits per heavy atom. The molecule has 25 heavy (non-hydrogen) atoms. The predicted octanol–water partition coefficient (Wildman–Crippen LogP) is 0.353. The monoisotopic (exact) mass is 365 g/mol. The van der Waals surface area contributed by atoms with Gasteiger partial charge in [-0.25, -0.2) is 17.5 Å². The molecule has 2 heterocycles. The van der Waals surface area contributed by atoms with E-state index in [0.29, 0.717) is 17.7 Å². The Morgan fingerprint density at radius 2 is 1.96 bits per heavy atom. The Balaban J connectivity index is 1.73. The molecule has 1 amide bonds. The lowest BCUT2D eigenvalue weighted by Gasteiger charge is -2.12. The van der Waals surface area contributed by atoms with Crippen molar-refractivity contribution in [3.8, 4) is 11.3 Å². The predicted molar refractivity (Wildman–Crippen MR) is 89.1 cm³/mol. The lowest BCUT2D eigenvalue weighted by molar-refractivity contribution is -0.122. The van der Waals surface area contributed by atoms with E-state index in [4.69, 9.17) is 0 Å². The molecule has 9 heteroatoms. The largest absolute Gasteiger partial charge is 0.351 e. The average molecular weight is 365 g/mol. The van der Waals surface area contributed by atoms with E-state index in [9.17, 15) is 22.4 Å². The van der Waals surface area contributed by atoms with Crippen LogP contribution >= 0.6 is 0 Å². The molecule has 0 aliphatic carbocycles. The normalized spacial score (nSPS) is 18.8. The summed E-state index contributed by atoms with van der Waals surface area (Å²) < 4.78 is 36.8. The average Bonchev–Trinajstić information content (AvgIpc) is 2.89. The number of nitrogens with zero attached hydrogens (tertiary/aromatic N) is 2. The quantitative estimate of drug-likeness (QED) is 0.843. The summed E-state index contributed by atoms with van der Waals surface area (Å²) in [5.74, 6) is -0.900. The summed E-state index contributed by atoms with van der Waals surface area (Å²) in [5.41, 5.74) is 0.577. The molecule has 1 N–H and O–H groups in total. The molecule has 0 spiro atoms. The molecule has 1 unspecified atom stereocenters. The smallest absolute Gasteiger partial charge is 0.267 e. The first kappa shape index (κ1) is 17.3. The van der Waals surface area contributed by atoms with Gasteiger partial charge in [0.1, 0.15) is 12.4 Å². The number of carbonyl (C=O) groups excluding carboxylic acids is 1. The topological polar surface area (TPSA) is 98.1 Å². The van der Waals surface area contributed by atoms with Gasteiger partial charge < -0.3 is 5.32 Å². The van der Waals surface area contributed by atoms with Gasteiger partial charge in [-0.3, -0.25) is 9.59 Å². The zero-order valence-corrected chi connectivity index (χ0v) is 14.0. The van der Waals surface area contributed by atoms with Crippen molar-refractivity contribution in [2.24, 2.45) is 0 Å². The van der Waals surface area contributed by atoms with Crippen LogP contribution in [0.1, 0.15) is 6.42 Å². The standard InChI is InChI=1S/C16H16FN3O4S/c17-12-3-1-11(2-4-12)14-5-6-16(22)20(19-14)9-15(21)18-13-7-8-25(23,24)10-13/h1-6,13H,7-10H2,(H,18,21). The summed E-state index contributed by atoms with van der Waals surface area (Å²) in [6.45, 7) is -0.315. The minimum absolute atomic E-state index is 0.0518. The van der Waals surface area contributed by atoms with Gasteiger partial charge in [0.25, 0.3) is 5.56 Å². The molecule has 0 bridgehead atoms. The van der Waals surface area contributed by atoms with E-state index < -0.39 is 27.3 Å². The van der Waals surface area contributed by atoms with Gasteiger partial charge in [-0.15, -0.1) is 0 Å². The van der Waals surface area contributed by atoms with E-state index in [1.54, 1.807) is 0 Å². The fraction of sp³-hybridized carbons (Fsp3) is 0.312. The molecule has 0 saturated carbocycles. The maximum atomic E-state index is 13.0. The van der Waals surface area contributed by atoms with Crippen LogP contribution < -0.4 is 10.9 Å². The maximum Gasteiger partial charge on any atom is 0.267 e. The first-order chi connectivity index (χ1) is 11.8. The number of sulfone groups is 1. The van der Waals surface area contributed by atoms with E-state index in [0.717, 1.165) is 4.68 Å². The van der Waals surface area contributed by atoms with Crippen molar-refractivity contribution in [2.45, 2.75) is 19.0 Å². The molecule has 0 radical (unpaired) electrons. The fourth-order valence-electron chi connectivity index (χ4n) is 2.65. The molecular formula is C16H16FN3O4S. The number of nitrogens with one attached hydrogen (secondary N) is 1. The highest BCUT2D eigenvalue weighted by Crippen LogP contribution is 2.15. The second-order valence-electron chi connectivity index (χ2n) is 5.89. The van der Waals surface area contributed by atoms with Gasteiger partial charge in [0, 0.05) is 17.7 Å². The van der Waals surface area contributed by atoms with Crippen LogP contribution in [-0.2, 0) is 21.2 Å². The number of halogens is 1. The molecule has 7 nitrogen and oxygen atoms in total. The van der Waals surface area contributed by atoms with Crippen molar-refractivity contribution in [2.75, 3.05) is 11.5 Å². The molecule has 1 aliphatic rings. The Morgan fingerprint density at radius 1 is 1.24 bits per heavy atom. The van der Waals surface area contributed by atoms with Gasteiger partial charge in [-0.2, -0.15) is 5.10 Å². The maximum absolute atomic E-state index is 13.0.